The number of nitrogens with one attached hydrogen (secondary N) is 1. The van der Waals surface area contributed by atoms with E-state index in [1.807, 2.05) is 78.2 Å². The van der Waals surface area contributed by atoms with Crippen LogP contribution in [0.25, 0.3) is 22.0 Å². The highest BCUT2D eigenvalue weighted by Gasteiger charge is 2.40. The molecule has 7 heteroatoms. The van der Waals surface area contributed by atoms with Crippen LogP contribution in [-0.4, -0.2) is 10.9 Å². The van der Waals surface area contributed by atoms with Gasteiger partial charge in [0.15, 0.2) is 5.13 Å². The van der Waals surface area contributed by atoms with Crippen LogP contribution < -0.4 is 5.32 Å². The molecule has 0 aliphatic carbocycles. The average Bonchev–Trinajstić information content (AvgIpc) is 3.37. The second-order valence-corrected chi connectivity index (χ2v) is 10.6. The molecule has 0 saturated heterocycles. The van der Waals surface area contributed by atoms with Gasteiger partial charge in [0.25, 0.3) is 0 Å². The maximum absolute atomic E-state index is 13.7. The molecule has 38 heavy (non-hydrogen) atoms. The second-order valence-electron chi connectivity index (χ2n) is 9.70. The first-order valence-corrected chi connectivity index (χ1v) is 13.0. The summed E-state index contributed by atoms with van der Waals surface area (Å²) in [7, 11) is 0. The van der Waals surface area contributed by atoms with Crippen LogP contribution in [-0.2, 0) is 11.0 Å². The van der Waals surface area contributed by atoms with Crippen molar-refractivity contribution in [1.29, 1.82) is 0 Å². The molecule has 0 aliphatic heterocycles. The Labute approximate surface area is 223 Å². The number of anilines is 1. The molecular formula is C31H25F3N2OS. The standard InChI is InChI=1S/C31H25F3N2OS/c1-30(2,27(21-10-4-3-5-11-21)22-15-17-23(18-16-22)31(32,33)34)28(37)36-29-35-26(19-38-29)25-14-8-12-20-9-6-7-13-24(20)25/h3-19,27H,1-2H3,(H,35,36,37). The van der Waals surface area contributed by atoms with Gasteiger partial charge in [0, 0.05) is 16.9 Å². The summed E-state index contributed by atoms with van der Waals surface area (Å²) >= 11 is 1.34. The lowest BCUT2D eigenvalue weighted by Gasteiger charge is -2.34. The first kappa shape index (κ1) is 25.7. The Balaban J connectivity index is 1.45. The number of carbonyl (C=O) groups is 1. The van der Waals surface area contributed by atoms with Gasteiger partial charge in [0.05, 0.1) is 16.7 Å². The van der Waals surface area contributed by atoms with Crippen molar-refractivity contribution in [3.63, 3.8) is 0 Å². The number of aromatic nitrogens is 1. The zero-order valence-electron chi connectivity index (χ0n) is 20.8. The predicted octanol–water partition coefficient (Wildman–Crippen LogP) is 8.78. The Bertz CT molecular complexity index is 1570. The molecule has 4 aromatic carbocycles. The lowest BCUT2D eigenvalue weighted by molar-refractivity contribution is -0.137. The molecule has 1 aromatic heterocycles. The largest absolute Gasteiger partial charge is 0.416 e. The predicted molar refractivity (Wildman–Crippen MR) is 147 cm³/mol. The van der Waals surface area contributed by atoms with Crippen LogP contribution in [0.5, 0.6) is 0 Å². The summed E-state index contributed by atoms with van der Waals surface area (Å²) in [5.74, 6) is -0.756. The van der Waals surface area contributed by atoms with Gasteiger partial charge in [0.2, 0.25) is 5.91 Å². The summed E-state index contributed by atoms with van der Waals surface area (Å²) in [6.07, 6.45) is -4.43. The van der Waals surface area contributed by atoms with E-state index in [2.05, 4.69) is 10.3 Å². The van der Waals surface area contributed by atoms with Crippen molar-refractivity contribution >= 4 is 33.1 Å². The molecule has 0 saturated carbocycles. The number of hydrogen-bond acceptors (Lipinski definition) is 3. The van der Waals surface area contributed by atoms with Crippen molar-refractivity contribution in [2.24, 2.45) is 5.41 Å². The summed E-state index contributed by atoms with van der Waals surface area (Å²) in [6.45, 7) is 3.60. The van der Waals surface area contributed by atoms with E-state index in [1.54, 1.807) is 13.8 Å². The number of carbonyl (C=O) groups excluding carboxylic acids is 1. The van der Waals surface area contributed by atoms with Gasteiger partial charge < -0.3 is 5.32 Å². The molecule has 3 nitrogen and oxygen atoms in total. The lowest BCUT2D eigenvalue weighted by Crippen LogP contribution is -2.37. The van der Waals surface area contributed by atoms with E-state index in [4.69, 9.17) is 0 Å². The highest BCUT2D eigenvalue weighted by atomic mass is 32.1. The van der Waals surface area contributed by atoms with Crippen LogP contribution in [0.1, 0.15) is 36.5 Å². The van der Waals surface area contributed by atoms with Crippen molar-refractivity contribution in [3.05, 3.63) is 119 Å². The molecular weight excluding hydrogens is 505 g/mol. The van der Waals surface area contributed by atoms with Gasteiger partial charge in [-0.05, 0) is 34.0 Å². The summed E-state index contributed by atoms with van der Waals surface area (Å²) < 4.78 is 39.6. The van der Waals surface area contributed by atoms with Crippen LogP contribution in [0, 0.1) is 5.41 Å². The lowest BCUT2D eigenvalue weighted by atomic mass is 9.70. The molecule has 1 atom stereocenters. The number of amides is 1. The Morgan fingerprint density at radius 3 is 2.16 bits per heavy atom. The third-order valence-electron chi connectivity index (χ3n) is 6.80. The fourth-order valence-corrected chi connectivity index (χ4v) is 5.53. The molecule has 5 aromatic rings. The van der Waals surface area contributed by atoms with E-state index in [1.165, 1.54) is 23.5 Å². The van der Waals surface area contributed by atoms with Gasteiger partial charge in [-0.3, -0.25) is 4.79 Å². The third kappa shape index (κ3) is 5.07. The summed E-state index contributed by atoms with van der Waals surface area (Å²) in [4.78, 5) is 18.4. The quantitative estimate of drug-likeness (QED) is 0.238. The first-order valence-electron chi connectivity index (χ1n) is 12.1. The number of fused-ring (bicyclic) bond motifs is 1. The van der Waals surface area contributed by atoms with Crippen molar-refractivity contribution in [2.75, 3.05) is 5.32 Å². The monoisotopic (exact) mass is 530 g/mol. The maximum Gasteiger partial charge on any atom is 0.416 e. The number of rotatable bonds is 6. The number of hydrogen-bond donors (Lipinski definition) is 1. The number of nitrogens with zero attached hydrogens (tertiary/aromatic N) is 1. The molecule has 1 unspecified atom stereocenters. The Morgan fingerprint density at radius 1 is 0.816 bits per heavy atom. The molecule has 192 valence electrons. The minimum atomic E-state index is -4.43. The van der Waals surface area contributed by atoms with Crippen LogP contribution in [0.15, 0.2) is 102 Å². The molecule has 0 aliphatic rings. The molecule has 1 heterocycles. The zero-order chi connectivity index (χ0) is 26.9. The van der Waals surface area contributed by atoms with Crippen molar-refractivity contribution in [3.8, 4) is 11.3 Å². The van der Waals surface area contributed by atoms with Crippen molar-refractivity contribution in [2.45, 2.75) is 25.9 Å². The molecule has 0 radical (unpaired) electrons. The SMILES string of the molecule is CC(C)(C(=O)Nc1nc(-c2cccc3ccccc23)cs1)C(c1ccccc1)c1ccc(C(F)(F)F)cc1. The summed E-state index contributed by atoms with van der Waals surface area (Å²) in [5.41, 5.74) is 1.47. The minimum Gasteiger partial charge on any atom is -0.301 e. The summed E-state index contributed by atoms with van der Waals surface area (Å²) in [6, 6.07) is 28.5. The van der Waals surface area contributed by atoms with Crippen LogP contribution in [0.4, 0.5) is 18.3 Å². The van der Waals surface area contributed by atoms with Gasteiger partial charge in [-0.25, -0.2) is 4.98 Å². The third-order valence-corrected chi connectivity index (χ3v) is 7.56. The second kappa shape index (κ2) is 10.1. The number of alkyl halides is 3. The van der Waals surface area contributed by atoms with E-state index in [0.717, 1.165) is 39.7 Å². The number of halogens is 3. The summed E-state index contributed by atoms with van der Waals surface area (Å²) in [5, 5.41) is 7.52. The fraction of sp³-hybridized carbons (Fsp3) is 0.161. The van der Waals surface area contributed by atoms with Crippen molar-refractivity contribution in [1.82, 2.24) is 4.98 Å². The van der Waals surface area contributed by atoms with E-state index < -0.39 is 23.1 Å². The fourth-order valence-electron chi connectivity index (χ4n) is 4.83. The molecule has 5 rings (SSSR count). The van der Waals surface area contributed by atoms with Crippen LogP contribution in [0.2, 0.25) is 0 Å². The highest BCUT2D eigenvalue weighted by molar-refractivity contribution is 7.14. The molecule has 0 fully saturated rings. The average molecular weight is 531 g/mol. The topological polar surface area (TPSA) is 42.0 Å². The van der Waals surface area contributed by atoms with Gasteiger partial charge in [-0.2, -0.15) is 13.2 Å². The van der Waals surface area contributed by atoms with Crippen LogP contribution in [0.3, 0.4) is 0 Å². The zero-order valence-corrected chi connectivity index (χ0v) is 21.6. The maximum atomic E-state index is 13.7. The molecule has 1 N–H and O–H groups in total. The Morgan fingerprint density at radius 2 is 1.45 bits per heavy atom. The van der Waals surface area contributed by atoms with Gasteiger partial charge >= 0.3 is 6.18 Å². The van der Waals surface area contributed by atoms with E-state index in [9.17, 15) is 18.0 Å². The van der Waals surface area contributed by atoms with E-state index in [0.29, 0.717) is 10.7 Å². The van der Waals surface area contributed by atoms with Gasteiger partial charge in [-0.15, -0.1) is 11.3 Å². The molecule has 0 bridgehead atoms. The smallest absolute Gasteiger partial charge is 0.301 e. The highest BCUT2D eigenvalue weighted by Crippen LogP contribution is 2.43. The number of thiazole rings is 1. The van der Waals surface area contributed by atoms with Gasteiger partial charge in [-0.1, -0.05) is 98.8 Å². The number of benzene rings is 4. The Hall–Kier alpha value is -3.97. The normalized spacial score (nSPS) is 12.9. The van der Waals surface area contributed by atoms with E-state index in [-0.39, 0.29) is 5.91 Å². The Kier molecular flexibility index (Phi) is 6.80. The molecule has 1 amide bonds. The van der Waals surface area contributed by atoms with E-state index >= 15 is 0 Å². The molecule has 0 spiro atoms. The minimum absolute atomic E-state index is 0.273. The van der Waals surface area contributed by atoms with Gasteiger partial charge in [0.1, 0.15) is 0 Å². The first-order chi connectivity index (χ1) is 18.1. The van der Waals surface area contributed by atoms with Crippen LogP contribution >= 0.6 is 11.3 Å². The van der Waals surface area contributed by atoms with Crippen molar-refractivity contribution < 1.29 is 18.0 Å².